The van der Waals surface area contributed by atoms with Crippen molar-refractivity contribution < 1.29 is 13.2 Å². The van der Waals surface area contributed by atoms with E-state index in [0.29, 0.717) is 26.2 Å². The summed E-state index contributed by atoms with van der Waals surface area (Å²) < 4.78 is 26.6. The number of carbonyl (C=O) groups excluding carboxylic acids is 1. The van der Waals surface area contributed by atoms with Gasteiger partial charge in [0, 0.05) is 26.2 Å². The summed E-state index contributed by atoms with van der Waals surface area (Å²) in [5.41, 5.74) is 2.61. The van der Waals surface area contributed by atoms with Gasteiger partial charge in [0.15, 0.2) is 0 Å². The number of sulfonamides is 1. The summed E-state index contributed by atoms with van der Waals surface area (Å²) in [5.74, 6) is -0.260. The molecule has 1 saturated heterocycles. The van der Waals surface area contributed by atoms with Crippen LogP contribution in [0.25, 0.3) is 0 Å². The van der Waals surface area contributed by atoms with Gasteiger partial charge in [0.1, 0.15) is 0 Å². The number of benzene rings is 3. The number of rotatable bonds is 6. The molecule has 33 heavy (non-hydrogen) atoms. The highest BCUT2D eigenvalue weighted by atomic mass is 35.5. The molecule has 4 rings (SSSR count). The highest BCUT2D eigenvalue weighted by Crippen LogP contribution is 2.30. The number of piperazine rings is 1. The standard InChI is InChI=1S/C25H26ClN3O3S/c1-27-33(31,32)21-12-13-23(26)22(18-21)25(30)29-16-14-28(15-17-29)24(19-8-4-2-5-9-19)20-10-6-3-7-11-20/h2-13,18,24,27H,14-17H2,1H3. The third-order valence-electron chi connectivity index (χ3n) is 5.94. The van der Waals surface area contributed by atoms with Gasteiger partial charge in [-0.05, 0) is 36.4 Å². The number of amides is 1. The van der Waals surface area contributed by atoms with Gasteiger partial charge in [-0.15, -0.1) is 0 Å². The van der Waals surface area contributed by atoms with E-state index in [1.807, 2.05) is 36.4 Å². The van der Waals surface area contributed by atoms with E-state index >= 15 is 0 Å². The lowest BCUT2D eigenvalue weighted by Crippen LogP contribution is -2.50. The summed E-state index contributed by atoms with van der Waals surface area (Å²) in [6.45, 7) is 2.42. The molecule has 0 radical (unpaired) electrons. The van der Waals surface area contributed by atoms with Crippen molar-refractivity contribution in [3.63, 3.8) is 0 Å². The van der Waals surface area contributed by atoms with E-state index in [1.54, 1.807) is 4.90 Å². The largest absolute Gasteiger partial charge is 0.336 e. The predicted molar refractivity (Wildman–Crippen MR) is 130 cm³/mol. The van der Waals surface area contributed by atoms with E-state index in [4.69, 9.17) is 11.6 Å². The van der Waals surface area contributed by atoms with E-state index in [-0.39, 0.29) is 27.4 Å². The first-order chi connectivity index (χ1) is 15.9. The molecule has 1 N–H and O–H groups in total. The van der Waals surface area contributed by atoms with Gasteiger partial charge in [0.25, 0.3) is 5.91 Å². The van der Waals surface area contributed by atoms with Crippen LogP contribution in [-0.2, 0) is 10.0 Å². The van der Waals surface area contributed by atoms with E-state index < -0.39 is 10.0 Å². The van der Waals surface area contributed by atoms with E-state index in [2.05, 4.69) is 33.9 Å². The molecule has 1 heterocycles. The molecular formula is C25H26ClN3O3S. The molecule has 1 aliphatic heterocycles. The Balaban J connectivity index is 1.54. The molecule has 3 aromatic rings. The van der Waals surface area contributed by atoms with Crippen LogP contribution in [-0.4, -0.2) is 57.4 Å². The monoisotopic (exact) mass is 483 g/mol. The number of nitrogens with zero attached hydrogens (tertiary/aromatic N) is 2. The molecule has 1 aliphatic rings. The van der Waals surface area contributed by atoms with Gasteiger partial charge in [-0.3, -0.25) is 9.69 Å². The fourth-order valence-corrected chi connectivity index (χ4v) is 5.15. The smallest absolute Gasteiger partial charge is 0.255 e. The minimum atomic E-state index is -3.67. The molecule has 0 bridgehead atoms. The van der Waals surface area contributed by atoms with Gasteiger partial charge >= 0.3 is 0 Å². The fraction of sp³-hybridized carbons (Fsp3) is 0.240. The quantitative estimate of drug-likeness (QED) is 0.579. The Morgan fingerprint density at radius 2 is 1.42 bits per heavy atom. The average Bonchev–Trinajstić information content (AvgIpc) is 2.86. The maximum absolute atomic E-state index is 13.2. The Bertz CT molecular complexity index is 1170. The van der Waals surface area contributed by atoms with Crippen molar-refractivity contribution in [1.82, 2.24) is 14.5 Å². The van der Waals surface area contributed by atoms with Crippen LogP contribution >= 0.6 is 11.6 Å². The van der Waals surface area contributed by atoms with Gasteiger partial charge in [-0.25, -0.2) is 13.1 Å². The van der Waals surface area contributed by atoms with Crippen LogP contribution in [0, 0.1) is 0 Å². The second kappa shape index (κ2) is 10.1. The van der Waals surface area contributed by atoms with Crippen molar-refractivity contribution >= 4 is 27.5 Å². The maximum atomic E-state index is 13.2. The normalized spacial score (nSPS) is 15.1. The molecule has 8 heteroatoms. The molecule has 0 atom stereocenters. The second-order valence-electron chi connectivity index (χ2n) is 7.90. The summed E-state index contributed by atoms with van der Waals surface area (Å²) in [5, 5.41) is 0.240. The third-order valence-corrected chi connectivity index (χ3v) is 7.69. The second-order valence-corrected chi connectivity index (χ2v) is 10.2. The number of carbonyl (C=O) groups is 1. The van der Waals surface area contributed by atoms with Crippen molar-refractivity contribution in [3.05, 3.63) is 101 Å². The summed E-state index contributed by atoms with van der Waals surface area (Å²) >= 11 is 6.27. The molecule has 0 saturated carbocycles. The van der Waals surface area contributed by atoms with Crippen LogP contribution < -0.4 is 4.72 Å². The van der Waals surface area contributed by atoms with Crippen LogP contribution in [0.5, 0.6) is 0 Å². The predicted octanol–water partition coefficient (Wildman–Crippen LogP) is 3.80. The van der Waals surface area contributed by atoms with Crippen molar-refractivity contribution in [3.8, 4) is 0 Å². The minimum Gasteiger partial charge on any atom is -0.336 e. The SMILES string of the molecule is CNS(=O)(=O)c1ccc(Cl)c(C(=O)N2CCN(C(c3ccccc3)c3ccccc3)CC2)c1. The zero-order valence-electron chi connectivity index (χ0n) is 18.3. The lowest BCUT2D eigenvalue weighted by Gasteiger charge is -2.40. The van der Waals surface area contributed by atoms with E-state index in [9.17, 15) is 13.2 Å². The van der Waals surface area contributed by atoms with Crippen LogP contribution in [0.15, 0.2) is 83.8 Å². The van der Waals surface area contributed by atoms with Crippen LogP contribution in [0.4, 0.5) is 0 Å². The molecule has 0 unspecified atom stereocenters. The zero-order chi connectivity index (χ0) is 23.4. The Kier molecular flexibility index (Phi) is 7.14. The Morgan fingerprint density at radius 3 is 1.94 bits per heavy atom. The number of halogens is 1. The van der Waals surface area contributed by atoms with Crippen LogP contribution in [0.2, 0.25) is 5.02 Å². The van der Waals surface area contributed by atoms with Crippen molar-refractivity contribution in [1.29, 1.82) is 0 Å². The zero-order valence-corrected chi connectivity index (χ0v) is 19.9. The summed E-state index contributed by atoms with van der Waals surface area (Å²) in [4.78, 5) is 17.3. The topological polar surface area (TPSA) is 69.7 Å². The highest BCUT2D eigenvalue weighted by molar-refractivity contribution is 7.89. The highest BCUT2D eigenvalue weighted by Gasteiger charge is 2.29. The fourth-order valence-electron chi connectivity index (χ4n) is 4.19. The maximum Gasteiger partial charge on any atom is 0.255 e. The van der Waals surface area contributed by atoms with Gasteiger partial charge < -0.3 is 4.90 Å². The van der Waals surface area contributed by atoms with Crippen molar-refractivity contribution in [2.75, 3.05) is 33.2 Å². The van der Waals surface area contributed by atoms with Gasteiger partial charge in [-0.1, -0.05) is 72.3 Å². The van der Waals surface area contributed by atoms with Crippen molar-refractivity contribution in [2.24, 2.45) is 0 Å². The molecule has 0 aromatic heterocycles. The van der Waals surface area contributed by atoms with E-state index in [0.717, 1.165) is 0 Å². The molecule has 1 fully saturated rings. The molecule has 0 spiro atoms. The number of hydrogen-bond acceptors (Lipinski definition) is 4. The minimum absolute atomic E-state index is 0.0182. The number of hydrogen-bond donors (Lipinski definition) is 1. The van der Waals surface area contributed by atoms with Crippen molar-refractivity contribution in [2.45, 2.75) is 10.9 Å². The molecule has 6 nitrogen and oxygen atoms in total. The third kappa shape index (κ3) is 5.12. The lowest BCUT2D eigenvalue weighted by molar-refractivity contribution is 0.0597. The Morgan fingerprint density at radius 1 is 0.879 bits per heavy atom. The Hall–Kier alpha value is -2.71. The van der Waals surface area contributed by atoms with Gasteiger partial charge in [0.05, 0.1) is 21.5 Å². The molecule has 0 aliphatic carbocycles. The Labute approximate surface area is 199 Å². The molecule has 172 valence electrons. The van der Waals surface area contributed by atoms with Crippen LogP contribution in [0.1, 0.15) is 27.5 Å². The first-order valence-corrected chi connectivity index (χ1v) is 12.6. The molecule has 1 amide bonds. The first-order valence-electron chi connectivity index (χ1n) is 10.8. The summed E-state index contributed by atoms with van der Waals surface area (Å²) in [7, 11) is -2.34. The summed E-state index contributed by atoms with van der Waals surface area (Å²) in [6.07, 6.45) is 0. The molecule has 3 aromatic carbocycles. The van der Waals surface area contributed by atoms with Gasteiger partial charge in [0.2, 0.25) is 10.0 Å². The average molecular weight is 484 g/mol. The van der Waals surface area contributed by atoms with E-state index in [1.165, 1.54) is 36.4 Å². The van der Waals surface area contributed by atoms with Gasteiger partial charge in [-0.2, -0.15) is 0 Å². The number of nitrogens with one attached hydrogen (secondary N) is 1. The summed E-state index contributed by atoms with van der Waals surface area (Å²) in [6, 6.07) is 25.0. The lowest BCUT2D eigenvalue weighted by atomic mass is 9.96. The molecular weight excluding hydrogens is 458 g/mol. The van der Waals surface area contributed by atoms with Crippen LogP contribution in [0.3, 0.4) is 0 Å². The first kappa shape index (κ1) is 23.4.